The average Bonchev–Trinajstić information content (AvgIpc) is 1.87. The zero-order chi connectivity index (χ0) is 7.98. The summed E-state index contributed by atoms with van der Waals surface area (Å²) in [4.78, 5) is 10.5. The Bertz CT molecular complexity index is 104. The Morgan fingerprint density at radius 1 is 1.60 bits per heavy atom. The van der Waals surface area contributed by atoms with E-state index in [9.17, 15) is 4.79 Å². The van der Waals surface area contributed by atoms with Crippen LogP contribution in [0.2, 0.25) is 0 Å². The standard InChI is InChI=1S/C6H12O2S2/c1-8-5(7)3-2-4-6(9)10/h6,9-10H,2-4H2,1H3. The van der Waals surface area contributed by atoms with Crippen LogP contribution in [0.5, 0.6) is 0 Å². The minimum atomic E-state index is -0.165. The summed E-state index contributed by atoms with van der Waals surface area (Å²) in [6.07, 6.45) is 2.10. The molecule has 0 aliphatic carbocycles. The first kappa shape index (κ1) is 10.2. The maximum Gasteiger partial charge on any atom is 0.305 e. The first-order chi connectivity index (χ1) is 4.66. The molecule has 4 heteroatoms. The summed E-state index contributed by atoms with van der Waals surface area (Å²) < 4.78 is 4.52. The fraction of sp³-hybridized carbons (Fsp3) is 0.833. The SMILES string of the molecule is COC(=O)CCCC(S)S. The molecule has 0 atom stereocenters. The largest absolute Gasteiger partial charge is 0.469 e. The van der Waals surface area contributed by atoms with Crippen LogP contribution in [0.4, 0.5) is 0 Å². The van der Waals surface area contributed by atoms with Crippen molar-refractivity contribution in [3.8, 4) is 0 Å². The van der Waals surface area contributed by atoms with Crippen molar-refractivity contribution in [2.75, 3.05) is 7.11 Å². The highest BCUT2D eigenvalue weighted by atomic mass is 32.2. The second-order valence-electron chi connectivity index (χ2n) is 1.95. The van der Waals surface area contributed by atoms with Gasteiger partial charge in [0.25, 0.3) is 0 Å². The molecule has 0 heterocycles. The lowest BCUT2D eigenvalue weighted by Crippen LogP contribution is -2.00. The van der Waals surface area contributed by atoms with Crippen molar-refractivity contribution in [3.63, 3.8) is 0 Å². The summed E-state index contributed by atoms with van der Waals surface area (Å²) in [6.45, 7) is 0. The van der Waals surface area contributed by atoms with Gasteiger partial charge in [0, 0.05) is 11.0 Å². The molecule has 0 unspecified atom stereocenters. The molecule has 0 radical (unpaired) electrons. The van der Waals surface area contributed by atoms with E-state index in [1.807, 2.05) is 0 Å². The Kier molecular flexibility index (Phi) is 6.02. The smallest absolute Gasteiger partial charge is 0.305 e. The van der Waals surface area contributed by atoms with E-state index in [4.69, 9.17) is 0 Å². The van der Waals surface area contributed by atoms with Crippen LogP contribution in [0.15, 0.2) is 0 Å². The van der Waals surface area contributed by atoms with Gasteiger partial charge in [0.2, 0.25) is 0 Å². The number of rotatable bonds is 4. The monoisotopic (exact) mass is 180 g/mol. The van der Waals surface area contributed by atoms with Gasteiger partial charge in [0.05, 0.1) is 7.11 Å². The first-order valence-electron chi connectivity index (χ1n) is 3.09. The molecule has 60 valence electrons. The number of thiol groups is 2. The molecule has 0 aromatic rings. The van der Waals surface area contributed by atoms with Gasteiger partial charge in [-0.2, -0.15) is 25.3 Å². The maximum atomic E-state index is 10.5. The molecule has 0 rings (SSSR count). The molecule has 0 bridgehead atoms. The van der Waals surface area contributed by atoms with E-state index in [1.54, 1.807) is 0 Å². The Balaban J connectivity index is 3.12. The second kappa shape index (κ2) is 5.92. The number of ether oxygens (including phenoxy) is 1. The van der Waals surface area contributed by atoms with Crippen LogP contribution in [-0.2, 0) is 9.53 Å². The van der Waals surface area contributed by atoms with E-state index in [0.29, 0.717) is 6.42 Å². The van der Waals surface area contributed by atoms with Crippen molar-refractivity contribution in [2.45, 2.75) is 23.8 Å². The van der Waals surface area contributed by atoms with E-state index in [0.717, 1.165) is 12.8 Å². The number of hydrogen-bond acceptors (Lipinski definition) is 4. The average molecular weight is 180 g/mol. The van der Waals surface area contributed by atoms with Crippen LogP contribution in [-0.4, -0.2) is 17.7 Å². The molecule has 0 aromatic heterocycles. The summed E-state index contributed by atoms with van der Waals surface area (Å²) in [5.41, 5.74) is 0. The van der Waals surface area contributed by atoms with E-state index in [2.05, 4.69) is 30.0 Å². The third-order valence-electron chi connectivity index (χ3n) is 1.07. The molecule has 0 saturated heterocycles. The molecule has 0 aliphatic rings. The van der Waals surface area contributed by atoms with Gasteiger partial charge in [0.1, 0.15) is 0 Å². The van der Waals surface area contributed by atoms with Gasteiger partial charge < -0.3 is 4.74 Å². The second-order valence-corrected chi connectivity index (χ2v) is 3.60. The summed E-state index contributed by atoms with van der Waals surface area (Å²) in [7, 11) is 1.39. The molecule has 0 aromatic carbocycles. The van der Waals surface area contributed by atoms with Crippen molar-refractivity contribution >= 4 is 31.2 Å². The molecule has 0 amide bonds. The molecule has 0 N–H and O–H groups in total. The normalized spacial score (nSPS) is 10.0. The van der Waals surface area contributed by atoms with Crippen LogP contribution in [0, 0.1) is 0 Å². The number of methoxy groups -OCH3 is 1. The highest BCUT2D eigenvalue weighted by Crippen LogP contribution is 2.10. The zero-order valence-corrected chi connectivity index (χ0v) is 7.70. The van der Waals surface area contributed by atoms with Gasteiger partial charge in [-0.1, -0.05) is 0 Å². The summed E-state index contributed by atoms with van der Waals surface area (Å²) in [5, 5.41) is 0. The number of carbonyl (C=O) groups excluding carboxylic acids is 1. The first-order valence-corrected chi connectivity index (χ1v) is 4.13. The fourth-order valence-electron chi connectivity index (χ4n) is 0.531. The van der Waals surface area contributed by atoms with Gasteiger partial charge in [-0.3, -0.25) is 4.79 Å². The van der Waals surface area contributed by atoms with Gasteiger partial charge in [-0.25, -0.2) is 0 Å². The minimum Gasteiger partial charge on any atom is -0.469 e. The lowest BCUT2D eigenvalue weighted by atomic mass is 10.2. The van der Waals surface area contributed by atoms with Crippen molar-refractivity contribution in [1.29, 1.82) is 0 Å². The maximum absolute atomic E-state index is 10.5. The van der Waals surface area contributed by atoms with Gasteiger partial charge in [0.15, 0.2) is 0 Å². The highest BCUT2D eigenvalue weighted by molar-refractivity contribution is 7.99. The predicted octanol–water partition coefficient (Wildman–Crippen LogP) is 1.52. The van der Waals surface area contributed by atoms with Crippen molar-refractivity contribution < 1.29 is 9.53 Å². The Morgan fingerprint density at radius 3 is 2.60 bits per heavy atom. The summed E-state index contributed by atoms with van der Waals surface area (Å²) in [5.74, 6) is -0.165. The number of hydrogen-bond donors (Lipinski definition) is 2. The predicted molar refractivity (Wildman–Crippen MR) is 47.6 cm³/mol. The lowest BCUT2D eigenvalue weighted by Gasteiger charge is -2.00. The van der Waals surface area contributed by atoms with E-state index < -0.39 is 0 Å². The molecule has 0 spiro atoms. The van der Waals surface area contributed by atoms with E-state index >= 15 is 0 Å². The molecule has 0 saturated carbocycles. The van der Waals surface area contributed by atoms with Crippen LogP contribution < -0.4 is 0 Å². The van der Waals surface area contributed by atoms with Crippen LogP contribution in [0.1, 0.15) is 19.3 Å². The topological polar surface area (TPSA) is 26.3 Å². The zero-order valence-electron chi connectivity index (χ0n) is 5.91. The molecular formula is C6H12O2S2. The third-order valence-corrected chi connectivity index (χ3v) is 1.59. The van der Waals surface area contributed by atoms with Gasteiger partial charge in [-0.15, -0.1) is 0 Å². The Hall–Kier alpha value is 0.170. The Labute approximate surface area is 72.1 Å². The highest BCUT2D eigenvalue weighted by Gasteiger charge is 2.00. The Morgan fingerprint density at radius 2 is 2.20 bits per heavy atom. The number of esters is 1. The van der Waals surface area contributed by atoms with Crippen LogP contribution in [0.3, 0.4) is 0 Å². The third kappa shape index (κ3) is 6.29. The number of carbonyl (C=O) groups is 1. The van der Waals surface area contributed by atoms with Crippen molar-refractivity contribution in [3.05, 3.63) is 0 Å². The van der Waals surface area contributed by atoms with Gasteiger partial charge in [-0.05, 0) is 12.8 Å². The molecule has 2 nitrogen and oxygen atoms in total. The summed E-state index contributed by atoms with van der Waals surface area (Å²) in [6, 6.07) is 0. The quantitative estimate of drug-likeness (QED) is 0.390. The van der Waals surface area contributed by atoms with Crippen molar-refractivity contribution in [1.82, 2.24) is 0 Å². The summed E-state index contributed by atoms with van der Waals surface area (Å²) >= 11 is 8.08. The lowest BCUT2D eigenvalue weighted by molar-refractivity contribution is -0.140. The molecule has 10 heavy (non-hydrogen) atoms. The van der Waals surface area contributed by atoms with Crippen LogP contribution in [0.25, 0.3) is 0 Å². The van der Waals surface area contributed by atoms with Gasteiger partial charge >= 0.3 is 5.97 Å². The van der Waals surface area contributed by atoms with Crippen molar-refractivity contribution in [2.24, 2.45) is 0 Å². The molecule has 0 fully saturated rings. The minimum absolute atomic E-state index is 0.0738. The van der Waals surface area contributed by atoms with E-state index in [1.165, 1.54) is 7.11 Å². The molecule has 0 aliphatic heterocycles. The van der Waals surface area contributed by atoms with E-state index in [-0.39, 0.29) is 10.6 Å². The molecular weight excluding hydrogens is 168 g/mol. The van der Waals surface area contributed by atoms with Crippen LogP contribution >= 0.6 is 25.3 Å². The fourth-order valence-corrected chi connectivity index (χ4v) is 0.896.